The summed E-state index contributed by atoms with van der Waals surface area (Å²) in [5, 5.41) is 0. The molecule has 0 fully saturated rings. The fourth-order valence-corrected chi connectivity index (χ4v) is 1.54. The summed E-state index contributed by atoms with van der Waals surface area (Å²) in [5.41, 5.74) is 0.961. The van der Waals surface area contributed by atoms with Crippen LogP contribution in [0.5, 0.6) is 5.75 Å². The van der Waals surface area contributed by atoms with Gasteiger partial charge in [-0.2, -0.15) is 0 Å². The van der Waals surface area contributed by atoms with Gasteiger partial charge in [0.15, 0.2) is 0 Å². The van der Waals surface area contributed by atoms with Crippen LogP contribution in [0.15, 0.2) is 60.7 Å². The zero-order valence-corrected chi connectivity index (χ0v) is 8.89. The Balaban J connectivity index is 2.08. The minimum absolute atomic E-state index is 0.436. The molecule has 74 valence electrons. The van der Waals surface area contributed by atoms with Gasteiger partial charge in [-0.1, -0.05) is 48.5 Å². The Morgan fingerprint density at radius 2 is 1.33 bits per heavy atom. The highest BCUT2D eigenvalue weighted by Crippen LogP contribution is 2.10. The fourth-order valence-electron chi connectivity index (χ4n) is 1.29. The van der Waals surface area contributed by atoms with Gasteiger partial charge in [-0.3, -0.25) is 0 Å². The maximum absolute atomic E-state index is 6.12. The maximum atomic E-state index is 6.12. The molecule has 0 radical (unpaired) electrons. The molecule has 2 aromatic rings. The molecule has 1 nitrogen and oxygen atoms in total. The van der Waals surface area contributed by atoms with Crippen molar-refractivity contribution in [3.8, 4) is 5.75 Å². The summed E-state index contributed by atoms with van der Waals surface area (Å²) in [4.78, 5) is 0. The summed E-state index contributed by atoms with van der Waals surface area (Å²) >= 11 is 6.12. The van der Waals surface area contributed by atoms with Crippen molar-refractivity contribution in [3.63, 3.8) is 0 Å². The molecule has 2 rings (SSSR count). The molecule has 15 heavy (non-hydrogen) atoms. The van der Waals surface area contributed by atoms with Gasteiger partial charge in [0.05, 0.1) is 5.75 Å². The van der Waals surface area contributed by atoms with E-state index in [9.17, 15) is 0 Å². The van der Waals surface area contributed by atoms with Crippen LogP contribution in [0.4, 0.5) is 0 Å². The predicted octanol–water partition coefficient (Wildman–Crippen LogP) is 2.70. The average molecular weight is 216 g/mol. The van der Waals surface area contributed by atoms with Crippen molar-refractivity contribution in [1.82, 2.24) is 0 Å². The number of hydrogen-bond donors (Lipinski definition) is 0. The number of halogens is 1. The largest absolute Gasteiger partial charge is 0.543 e. The predicted molar refractivity (Wildman–Crippen MR) is 64.8 cm³/mol. The van der Waals surface area contributed by atoms with Crippen LogP contribution in [0.25, 0.3) is 0 Å². The highest BCUT2D eigenvalue weighted by Gasteiger charge is 2.16. The summed E-state index contributed by atoms with van der Waals surface area (Å²) in [6, 6.07) is 19.3. The van der Waals surface area contributed by atoms with Crippen molar-refractivity contribution in [1.29, 1.82) is 0 Å². The van der Waals surface area contributed by atoms with Gasteiger partial charge in [0.1, 0.15) is 0 Å². The van der Waals surface area contributed by atoms with E-state index in [-0.39, 0.29) is 0 Å². The summed E-state index contributed by atoms with van der Waals surface area (Å²) in [7, 11) is 0. The first-order valence-corrected chi connectivity index (χ1v) is 5.20. The number of benzene rings is 2. The minimum Gasteiger partial charge on any atom is -0.543 e. The van der Waals surface area contributed by atoms with E-state index < -0.39 is 6.33 Å². The van der Waals surface area contributed by atoms with Crippen molar-refractivity contribution in [2.75, 3.05) is 0 Å². The van der Waals surface area contributed by atoms with Gasteiger partial charge in [0.2, 0.25) is 0 Å². The van der Waals surface area contributed by atoms with Crippen molar-refractivity contribution < 1.29 is 4.65 Å². The molecular weight excluding hydrogens is 206 g/mol. The van der Waals surface area contributed by atoms with Crippen LogP contribution in [-0.4, -0.2) is 6.33 Å². The van der Waals surface area contributed by atoms with E-state index in [1.807, 2.05) is 60.7 Å². The maximum Gasteiger partial charge on any atom is 0.500 e. The summed E-state index contributed by atoms with van der Waals surface area (Å²) < 4.78 is 5.57. The van der Waals surface area contributed by atoms with Crippen molar-refractivity contribution in [3.05, 3.63) is 60.7 Å². The fraction of sp³-hybridized carbons (Fsp3) is 0. The van der Waals surface area contributed by atoms with Gasteiger partial charge in [-0.05, 0) is 17.6 Å². The van der Waals surface area contributed by atoms with Crippen LogP contribution < -0.4 is 10.1 Å². The SMILES string of the molecule is ClB(Oc1ccccc1)c1ccccc1. The molecule has 0 aliphatic heterocycles. The molecule has 2 aromatic carbocycles. The van der Waals surface area contributed by atoms with Gasteiger partial charge < -0.3 is 4.65 Å². The lowest BCUT2D eigenvalue weighted by molar-refractivity contribution is 0.598. The Hall–Kier alpha value is -1.41. The van der Waals surface area contributed by atoms with Crippen LogP contribution >= 0.6 is 11.5 Å². The monoisotopic (exact) mass is 216 g/mol. The summed E-state index contributed by atoms with van der Waals surface area (Å²) in [6.45, 7) is 0. The first-order valence-electron chi connectivity index (χ1n) is 4.77. The average Bonchev–Trinajstić information content (AvgIpc) is 2.31. The van der Waals surface area contributed by atoms with Crippen molar-refractivity contribution in [2.45, 2.75) is 0 Å². The van der Waals surface area contributed by atoms with Crippen LogP contribution in [0.1, 0.15) is 0 Å². The van der Waals surface area contributed by atoms with E-state index in [1.54, 1.807) is 0 Å². The summed E-state index contributed by atoms with van der Waals surface area (Å²) in [6.07, 6.45) is -0.436. The molecule has 0 aliphatic rings. The van der Waals surface area contributed by atoms with E-state index in [0.29, 0.717) is 0 Å². The Morgan fingerprint density at radius 3 is 1.93 bits per heavy atom. The Kier molecular flexibility index (Phi) is 3.31. The van der Waals surface area contributed by atoms with Crippen molar-refractivity contribution >= 4 is 23.3 Å². The van der Waals surface area contributed by atoms with Crippen LogP contribution in [0, 0.1) is 0 Å². The van der Waals surface area contributed by atoms with Crippen LogP contribution in [0.3, 0.4) is 0 Å². The standard InChI is InChI=1S/C12H10BClO/c14-13(11-7-3-1-4-8-11)15-12-9-5-2-6-10-12/h1-10H. The second-order valence-electron chi connectivity index (χ2n) is 3.16. The smallest absolute Gasteiger partial charge is 0.500 e. The van der Waals surface area contributed by atoms with E-state index in [0.717, 1.165) is 11.2 Å². The third-order valence-corrected chi connectivity index (χ3v) is 2.39. The van der Waals surface area contributed by atoms with Crippen molar-refractivity contribution in [2.24, 2.45) is 0 Å². The Morgan fingerprint density at radius 1 is 0.800 bits per heavy atom. The number of para-hydroxylation sites is 1. The highest BCUT2D eigenvalue weighted by atomic mass is 35.5. The van der Waals surface area contributed by atoms with Crippen LogP contribution in [-0.2, 0) is 0 Å². The number of hydrogen-bond acceptors (Lipinski definition) is 1. The summed E-state index contributed by atoms with van der Waals surface area (Å²) in [5.74, 6) is 0.779. The number of rotatable bonds is 3. The van der Waals surface area contributed by atoms with E-state index in [4.69, 9.17) is 16.1 Å². The van der Waals surface area contributed by atoms with E-state index in [1.165, 1.54) is 0 Å². The topological polar surface area (TPSA) is 9.23 Å². The normalized spacial score (nSPS) is 9.67. The molecule has 0 unspecified atom stereocenters. The first kappa shape index (κ1) is 10.1. The van der Waals surface area contributed by atoms with E-state index >= 15 is 0 Å². The molecule has 0 amide bonds. The zero-order valence-electron chi connectivity index (χ0n) is 8.14. The Labute approximate surface area is 94.7 Å². The quantitative estimate of drug-likeness (QED) is 0.717. The minimum atomic E-state index is -0.436. The first-order chi connectivity index (χ1) is 7.36. The van der Waals surface area contributed by atoms with Crippen LogP contribution in [0.2, 0.25) is 0 Å². The molecule has 0 atom stereocenters. The molecule has 3 heteroatoms. The molecule has 0 bridgehead atoms. The highest BCUT2D eigenvalue weighted by molar-refractivity contribution is 7.11. The van der Waals surface area contributed by atoms with Gasteiger partial charge in [-0.25, -0.2) is 0 Å². The van der Waals surface area contributed by atoms with Gasteiger partial charge in [0, 0.05) is 0 Å². The van der Waals surface area contributed by atoms with E-state index in [2.05, 4.69) is 0 Å². The molecule has 0 heterocycles. The lowest BCUT2D eigenvalue weighted by Crippen LogP contribution is -2.30. The molecule has 0 aliphatic carbocycles. The molecule has 0 aromatic heterocycles. The molecule has 0 saturated carbocycles. The second-order valence-corrected chi connectivity index (χ2v) is 3.55. The molecular formula is C12H10BClO. The zero-order chi connectivity index (χ0) is 10.5. The third-order valence-electron chi connectivity index (χ3n) is 2.04. The van der Waals surface area contributed by atoms with Gasteiger partial charge >= 0.3 is 6.33 Å². The molecule has 0 spiro atoms. The lowest BCUT2D eigenvalue weighted by Gasteiger charge is -2.09. The second kappa shape index (κ2) is 4.90. The molecule has 0 N–H and O–H groups in total. The molecule has 0 saturated heterocycles. The van der Waals surface area contributed by atoms with Gasteiger partial charge in [-0.15, -0.1) is 11.5 Å². The third kappa shape index (κ3) is 2.77. The van der Waals surface area contributed by atoms with Gasteiger partial charge in [0.25, 0.3) is 0 Å². The Bertz CT molecular complexity index is 404. The lowest BCUT2D eigenvalue weighted by atomic mass is 9.86.